The molecular weight excluding hydrogens is 524 g/mol. The maximum Gasteiger partial charge on any atom is 0.410 e. The van der Waals surface area contributed by atoms with Gasteiger partial charge < -0.3 is 19.7 Å². The first-order valence-corrected chi connectivity index (χ1v) is 15.6. The highest BCUT2D eigenvalue weighted by atomic mass is 16.6. The number of carbonyl (C=O) groups excluding carboxylic acids is 2. The number of hydrogen-bond donors (Lipinski definition) is 1. The first-order chi connectivity index (χ1) is 19.8. The molecule has 0 unspecified atom stereocenters. The third-order valence-corrected chi connectivity index (χ3v) is 7.98. The van der Waals surface area contributed by atoms with Gasteiger partial charge in [0, 0.05) is 24.7 Å². The van der Waals surface area contributed by atoms with Gasteiger partial charge in [0.25, 0.3) is 0 Å². The topological polar surface area (TPSA) is 67.9 Å². The summed E-state index contributed by atoms with van der Waals surface area (Å²) in [6, 6.07) is 19.1. The van der Waals surface area contributed by atoms with Crippen molar-refractivity contribution in [2.24, 2.45) is 5.92 Å². The number of esters is 1. The minimum Gasteiger partial charge on any atom is -0.456 e. The lowest BCUT2D eigenvalue weighted by Crippen LogP contribution is -2.47. The summed E-state index contributed by atoms with van der Waals surface area (Å²) < 4.78 is 11.3. The maximum atomic E-state index is 13.4. The van der Waals surface area contributed by atoms with Crippen molar-refractivity contribution in [1.82, 2.24) is 10.2 Å². The van der Waals surface area contributed by atoms with Crippen molar-refractivity contribution >= 4 is 18.1 Å². The van der Waals surface area contributed by atoms with Crippen molar-refractivity contribution < 1.29 is 19.1 Å². The van der Waals surface area contributed by atoms with E-state index in [0.717, 1.165) is 37.7 Å². The molecule has 0 heterocycles. The van der Waals surface area contributed by atoms with Gasteiger partial charge in [-0.05, 0) is 109 Å². The molecule has 2 aromatic carbocycles. The monoisotopic (exact) mass is 574 g/mol. The van der Waals surface area contributed by atoms with E-state index in [1.165, 1.54) is 17.6 Å². The van der Waals surface area contributed by atoms with Crippen molar-refractivity contribution in [2.75, 3.05) is 0 Å². The Balaban J connectivity index is 1.35. The molecule has 0 spiro atoms. The fraction of sp³-hybridized carbons (Fsp3) is 0.556. The molecule has 2 fully saturated rings. The first-order valence-electron chi connectivity index (χ1n) is 15.6. The van der Waals surface area contributed by atoms with Crippen molar-refractivity contribution in [2.45, 2.75) is 123 Å². The second-order valence-corrected chi connectivity index (χ2v) is 13.9. The Morgan fingerprint density at radius 2 is 1.50 bits per heavy atom. The molecule has 0 radical (unpaired) electrons. The lowest BCUT2D eigenvalue weighted by Gasteiger charge is -2.38. The summed E-state index contributed by atoms with van der Waals surface area (Å²) >= 11 is 0. The zero-order valence-corrected chi connectivity index (χ0v) is 26.6. The summed E-state index contributed by atoms with van der Waals surface area (Å²) in [6.07, 6.45) is 8.31. The number of carbonyl (C=O) groups is 2. The number of nitrogens with zero attached hydrogens (tertiary/aromatic N) is 1. The standard InChI is InChI=1S/C36H50N2O4/c1-8-27(22-25-12-10-9-11-13-25)31-23-32(31)37-29-18-20-30(21-19-29)38(34(40)42-36(5,6)7)24-26-14-16-28(17-15-26)33(39)41-35(2,3)4/h9-17,22,29-32,37H,8,18-21,23-24H2,1-7H3/b27-22+/t29-,30-,31-,32+/m0/s1. The van der Waals surface area contributed by atoms with Crippen molar-refractivity contribution in [3.8, 4) is 0 Å². The SMILES string of the molecule is CC/C(=C\c1ccccc1)[C@@H]1C[C@H]1N[C@H]1CC[C@H](N(Cc2ccc(C(=O)OC(C)(C)C)cc2)C(=O)OC(C)(C)C)CC1. The fourth-order valence-electron chi connectivity index (χ4n) is 5.82. The van der Waals surface area contributed by atoms with Gasteiger partial charge in [-0.15, -0.1) is 0 Å². The highest BCUT2D eigenvalue weighted by molar-refractivity contribution is 5.89. The Kier molecular flexibility index (Phi) is 10.2. The molecule has 2 aliphatic rings. The number of amides is 1. The van der Waals surface area contributed by atoms with Gasteiger partial charge >= 0.3 is 12.1 Å². The van der Waals surface area contributed by atoms with Crippen LogP contribution < -0.4 is 5.32 Å². The number of hydrogen-bond acceptors (Lipinski definition) is 5. The predicted octanol–water partition coefficient (Wildman–Crippen LogP) is 8.16. The average molecular weight is 575 g/mol. The summed E-state index contributed by atoms with van der Waals surface area (Å²) in [5, 5.41) is 3.93. The second-order valence-electron chi connectivity index (χ2n) is 13.9. The van der Waals surface area contributed by atoms with Crippen LogP contribution >= 0.6 is 0 Å². The molecule has 4 rings (SSSR count). The summed E-state index contributed by atoms with van der Waals surface area (Å²) in [5.41, 5.74) is 3.16. The van der Waals surface area contributed by atoms with Gasteiger partial charge in [-0.1, -0.05) is 61.0 Å². The van der Waals surface area contributed by atoms with Crippen molar-refractivity contribution in [3.63, 3.8) is 0 Å². The van der Waals surface area contributed by atoms with E-state index in [-0.39, 0.29) is 18.1 Å². The Bertz CT molecular complexity index is 1220. The largest absolute Gasteiger partial charge is 0.456 e. The van der Waals surface area contributed by atoms with Crippen LogP contribution in [0.5, 0.6) is 0 Å². The molecule has 0 aromatic heterocycles. The average Bonchev–Trinajstić information content (AvgIpc) is 3.68. The quantitative estimate of drug-likeness (QED) is 0.306. The minimum atomic E-state index is -0.570. The summed E-state index contributed by atoms with van der Waals surface area (Å²) in [5.74, 6) is 0.276. The van der Waals surface area contributed by atoms with Crippen molar-refractivity contribution in [3.05, 3.63) is 76.9 Å². The zero-order valence-electron chi connectivity index (χ0n) is 26.6. The van der Waals surface area contributed by atoms with E-state index in [2.05, 4.69) is 48.6 Å². The highest BCUT2D eigenvalue weighted by Crippen LogP contribution is 2.41. The van der Waals surface area contributed by atoms with Gasteiger partial charge in [0.15, 0.2) is 0 Å². The van der Waals surface area contributed by atoms with Crippen LogP contribution in [0.2, 0.25) is 0 Å². The number of ether oxygens (including phenoxy) is 2. The van der Waals surface area contributed by atoms with Crippen LogP contribution in [0.3, 0.4) is 0 Å². The fourth-order valence-corrected chi connectivity index (χ4v) is 5.82. The van der Waals surface area contributed by atoms with Crippen LogP contribution in [0.1, 0.15) is 108 Å². The molecular formula is C36H50N2O4. The smallest absolute Gasteiger partial charge is 0.410 e. The Morgan fingerprint density at radius 3 is 2.07 bits per heavy atom. The van der Waals surface area contributed by atoms with Crippen LogP contribution in [0.4, 0.5) is 4.79 Å². The summed E-state index contributed by atoms with van der Waals surface area (Å²) in [4.78, 5) is 27.7. The van der Waals surface area contributed by atoms with Crippen LogP contribution in [-0.2, 0) is 16.0 Å². The Labute approximate surface area is 252 Å². The van der Waals surface area contributed by atoms with Crippen LogP contribution in [-0.4, -0.2) is 46.3 Å². The lowest BCUT2D eigenvalue weighted by atomic mass is 9.89. The maximum absolute atomic E-state index is 13.4. The molecule has 0 aliphatic heterocycles. The molecule has 0 bridgehead atoms. The molecule has 1 N–H and O–H groups in total. The molecule has 1 amide bonds. The van der Waals surface area contributed by atoms with Crippen LogP contribution in [0.15, 0.2) is 60.2 Å². The van der Waals surface area contributed by atoms with Crippen molar-refractivity contribution in [1.29, 1.82) is 0 Å². The normalized spacial score (nSPS) is 22.8. The number of benzene rings is 2. The third-order valence-electron chi connectivity index (χ3n) is 7.98. The zero-order chi connectivity index (χ0) is 30.5. The van der Waals surface area contributed by atoms with E-state index >= 15 is 0 Å². The molecule has 2 aromatic rings. The second kappa shape index (κ2) is 13.5. The van der Waals surface area contributed by atoms with Gasteiger partial charge in [-0.2, -0.15) is 0 Å². The molecule has 228 valence electrons. The molecule has 2 atom stereocenters. The van der Waals surface area contributed by atoms with Gasteiger partial charge in [-0.25, -0.2) is 9.59 Å². The van der Waals surface area contributed by atoms with E-state index in [4.69, 9.17) is 9.47 Å². The highest BCUT2D eigenvalue weighted by Gasteiger charge is 2.41. The molecule has 2 saturated carbocycles. The van der Waals surface area contributed by atoms with Gasteiger partial charge in [0.05, 0.1) is 5.56 Å². The third kappa shape index (κ3) is 9.45. The number of nitrogens with one attached hydrogen (secondary N) is 1. The van der Waals surface area contributed by atoms with Crippen LogP contribution in [0.25, 0.3) is 6.08 Å². The van der Waals surface area contributed by atoms with E-state index < -0.39 is 11.2 Å². The first kappa shape index (κ1) is 31.8. The lowest BCUT2D eigenvalue weighted by molar-refractivity contribution is 0.00616. The van der Waals surface area contributed by atoms with E-state index in [1.807, 2.05) is 58.6 Å². The van der Waals surface area contributed by atoms with E-state index in [9.17, 15) is 9.59 Å². The summed E-state index contributed by atoms with van der Waals surface area (Å²) in [6.45, 7) is 14.0. The number of rotatable bonds is 9. The van der Waals surface area contributed by atoms with Gasteiger partial charge in [0.1, 0.15) is 11.2 Å². The van der Waals surface area contributed by atoms with Crippen LogP contribution in [0, 0.1) is 5.92 Å². The Morgan fingerprint density at radius 1 is 0.881 bits per heavy atom. The van der Waals surface area contributed by atoms with E-state index in [1.54, 1.807) is 12.1 Å². The van der Waals surface area contributed by atoms with Gasteiger partial charge in [-0.3, -0.25) is 0 Å². The molecule has 42 heavy (non-hydrogen) atoms. The molecule has 6 heteroatoms. The molecule has 2 aliphatic carbocycles. The van der Waals surface area contributed by atoms with Gasteiger partial charge in [0.2, 0.25) is 0 Å². The van der Waals surface area contributed by atoms with E-state index in [0.29, 0.717) is 30.1 Å². The summed E-state index contributed by atoms with van der Waals surface area (Å²) in [7, 11) is 0. The molecule has 0 saturated heterocycles. The Hall–Kier alpha value is -3.12. The minimum absolute atomic E-state index is 0.114. The molecule has 6 nitrogen and oxygen atoms in total. The predicted molar refractivity (Wildman–Crippen MR) is 169 cm³/mol.